The van der Waals surface area contributed by atoms with E-state index in [1.54, 1.807) is 4.31 Å². The van der Waals surface area contributed by atoms with Crippen LogP contribution in [0.1, 0.15) is 43.4 Å². The molecular formula is C24H39N3O4S. The normalized spacial score (nSPS) is 20.9. The molecule has 0 radical (unpaired) electrons. The van der Waals surface area contributed by atoms with Crippen molar-refractivity contribution >= 4 is 15.9 Å². The van der Waals surface area contributed by atoms with E-state index in [2.05, 4.69) is 18.7 Å². The van der Waals surface area contributed by atoms with E-state index < -0.39 is 10.0 Å². The van der Waals surface area contributed by atoms with E-state index in [0.29, 0.717) is 17.4 Å². The van der Waals surface area contributed by atoms with Crippen molar-refractivity contribution in [2.45, 2.75) is 58.4 Å². The molecule has 2 aliphatic rings. The van der Waals surface area contributed by atoms with Crippen LogP contribution in [-0.2, 0) is 19.6 Å². The van der Waals surface area contributed by atoms with E-state index >= 15 is 0 Å². The zero-order valence-corrected chi connectivity index (χ0v) is 21.1. The summed E-state index contributed by atoms with van der Waals surface area (Å²) in [4.78, 5) is 17.2. The van der Waals surface area contributed by atoms with Crippen LogP contribution < -0.4 is 0 Å². The van der Waals surface area contributed by atoms with Gasteiger partial charge in [-0.1, -0.05) is 31.5 Å². The van der Waals surface area contributed by atoms with Gasteiger partial charge in [-0.2, -0.15) is 4.31 Å². The van der Waals surface area contributed by atoms with E-state index in [9.17, 15) is 13.2 Å². The highest BCUT2D eigenvalue weighted by molar-refractivity contribution is 7.89. The monoisotopic (exact) mass is 465 g/mol. The summed E-state index contributed by atoms with van der Waals surface area (Å²) in [7, 11) is -3.60. The quantitative estimate of drug-likeness (QED) is 0.590. The number of sulfonamides is 1. The summed E-state index contributed by atoms with van der Waals surface area (Å²) in [5, 5.41) is 0. The van der Waals surface area contributed by atoms with Gasteiger partial charge in [-0.3, -0.25) is 9.69 Å². The molecule has 0 spiro atoms. The van der Waals surface area contributed by atoms with Gasteiger partial charge in [-0.05, 0) is 50.7 Å². The van der Waals surface area contributed by atoms with Crippen LogP contribution >= 0.6 is 0 Å². The fourth-order valence-electron chi connectivity index (χ4n) is 5.05. The van der Waals surface area contributed by atoms with Crippen molar-refractivity contribution in [3.63, 3.8) is 0 Å². The number of amides is 1. The minimum Gasteiger partial charge on any atom is -0.370 e. The lowest BCUT2D eigenvalue weighted by Crippen LogP contribution is -2.50. The third-order valence-electron chi connectivity index (χ3n) is 6.38. The number of aryl methyl sites for hydroxylation is 3. The Morgan fingerprint density at radius 2 is 1.69 bits per heavy atom. The molecule has 2 saturated heterocycles. The number of carbonyl (C=O) groups excluding carboxylic acids is 1. The van der Waals surface area contributed by atoms with Gasteiger partial charge in [-0.25, -0.2) is 8.42 Å². The van der Waals surface area contributed by atoms with Gasteiger partial charge < -0.3 is 9.64 Å². The molecule has 2 heterocycles. The van der Waals surface area contributed by atoms with E-state index in [0.717, 1.165) is 62.3 Å². The number of rotatable bonds is 8. The molecule has 0 aliphatic carbocycles. The largest absolute Gasteiger partial charge is 0.370 e. The van der Waals surface area contributed by atoms with E-state index in [-0.39, 0.29) is 25.2 Å². The summed E-state index contributed by atoms with van der Waals surface area (Å²) >= 11 is 0. The molecule has 0 bridgehead atoms. The van der Waals surface area contributed by atoms with Crippen LogP contribution in [0.2, 0.25) is 0 Å². The van der Waals surface area contributed by atoms with Crippen LogP contribution in [0, 0.1) is 26.7 Å². The molecule has 32 heavy (non-hydrogen) atoms. The Morgan fingerprint density at radius 1 is 1.06 bits per heavy atom. The smallest absolute Gasteiger partial charge is 0.248 e. The maximum Gasteiger partial charge on any atom is 0.248 e. The zero-order valence-electron chi connectivity index (χ0n) is 20.3. The second-order valence-electron chi connectivity index (χ2n) is 9.73. The number of piperazine rings is 1. The van der Waals surface area contributed by atoms with Crippen molar-refractivity contribution in [3.8, 4) is 0 Å². The lowest BCUT2D eigenvalue weighted by atomic mass is 10.1. The predicted molar refractivity (Wildman–Crippen MR) is 126 cm³/mol. The molecule has 0 aromatic heterocycles. The van der Waals surface area contributed by atoms with Gasteiger partial charge in [0.2, 0.25) is 15.9 Å². The molecule has 0 saturated carbocycles. The van der Waals surface area contributed by atoms with Crippen molar-refractivity contribution in [1.29, 1.82) is 0 Å². The molecule has 180 valence electrons. The standard InChI is InChI=1S/C24H39N3O4S/c1-18(2)15-25-9-11-26(12-10-25)23(28)17-31-16-22-7-6-8-27(22)32(29,30)24-20(4)13-19(3)14-21(24)5/h13-14,18,22H,6-12,15-17H2,1-5H3. The molecule has 3 rings (SSSR count). The van der Waals surface area contributed by atoms with Gasteiger partial charge in [0.15, 0.2) is 0 Å². The average molecular weight is 466 g/mol. The van der Waals surface area contributed by atoms with Gasteiger partial charge in [0, 0.05) is 45.3 Å². The van der Waals surface area contributed by atoms with Crippen molar-refractivity contribution in [2.75, 3.05) is 52.5 Å². The first-order valence-corrected chi connectivity index (χ1v) is 13.2. The average Bonchev–Trinajstić information content (AvgIpc) is 3.16. The summed E-state index contributed by atoms with van der Waals surface area (Å²) in [5.74, 6) is 0.616. The Bertz CT molecular complexity index is 885. The number of ether oxygens (including phenoxy) is 1. The van der Waals surface area contributed by atoms with Gasteiger partial charge >= 0.3 is 0 Å². The Morgan fingerprint density at radius 3 is 2.28 bits per heavy atom. The second kappa shape index (κ2) is 10.6. The summed E-state index contributed by atoms with van der Waals surface area (Å²) in [6.07, 6.45) is 1.56. The molecule has 1 aromatic rings. The number of hydrogen-bond donors (Lipinski definition) is 0. The van der Waals surface area contributed by atoms with Gasteiger partial charge in [-0.15, -0.1) is 0 Å². The highest BCUT2D eigenvalue weighted by atomic mass is 32.2. The molecule has 8 heteroatoms. The molecule has 2 fully saturated rings. The van der Waals surface area contributed by atoms with Crippen LogP contribution in [0.15, 0.2) is 17.0 Å². The van der Waals surface area contributed by atoms with Gasteiger partial charge in [0.05, 0.1) is 11.5 Å². The predicted octanol–water partition coefficient (Wildman–Crippen LogP) is 2.58. The lowest BCUT2D eigenvalue weighted by Gasteiger charge is -2.35. The molecule has 1 amide bonds. The summed E-state index contributed by atoms with van der Waals surface area (Å²) in [6, 6.07) is 3.61. The Labute approximate surface area is 193 Å². The molecule has 1 unspecified atom stereocenters. The van der Waals surface area contributed by atoms with Gasteiger partial charge in [0.1, 0.15) is 6.61 Å². The third-order valence-corrected chi connectivity index (χ3v) is 8.64. The Hall–Kier alpha value is -1.48. The maximum atomic E-state index is 13.4. The fourth-order valence-corrected chi connectivity index (χ4v) is 7.15. The fraction of sp³-hybridized carbons (Fsp3) is 0.708. The molecule has 2 aliphatic heterocycles. The lowest BCUT2D eigenvalue weighted by molar-refractivity contribution is -0.138. The van der Waals surface area contributed by atoms with Crippen molar-refractivity contribution in [1.82, 2.24) is 14.1 Å². The summed E-state index contributed by atoms with van der Waals surface area (Å²) in [6.45, 7) is 15.2. The minimum atomic E-state index is -3.60. The minimum absolute atomic E-state index is 0.00757. The number of nitrogens with zero attached hydrogens (tertiary/aromatic N) is 3. The van der Waals surface area contributed by atoms with Crippen LogP contribution in [0.5, 0.6) is 0 Å². The molecule has 1 atom stereocenters. The SMILES string of the molecule is Cc1cc(C)c(S(=O)(=O)N2CCCC2COCC(=O)N2CCN(CC(C)C)CC2)c(C)c1. The highest BCUT2D eigenvalue weighted by Gasteiger charge is 2.37. The molecular weight excluding hydrogens is 426 g/mol. The van der Waals surface area contributed by atoms with Crippen LogP contribution in [-0.4, -0.2) is 87.0 Å². The highest BCUT2D eigenvalue weighted by Crippen LogP contribution is 2.30. The van der Waals surface area contributed by atoms with Crippen LogP contribution in [0.3, 0.4) is 0 Å². The second-order valence-corrected chi connectivity index (χ2v) is 11.6. The first-order chi connectivity index (χ1) is 15.1. The zero-order chi connectivity index (χ0) is 23.5. The summed E-state index contributed by atoms with van der Waals surface area (Å²) in [5.41, 5.74) is 2.62. The number of carbonyl (C=O) groups is 1. The topological polar surface area (TPSA) is 70.2 Å². The first-order valence-electron chi connectivity index (χ1n) is 11.8. The first kappa shape index (κ1) is 25.1. The van der Waals surface area contributed by atoms with Crippen molar-refractivity contribution in [3.05, 3.63) is 28.8 Å². The maximum absolute atomic E-state index is 13.4. The Kier molecular flexibility index (Phi) is 8.36. The van der Waals surface area contributed by atoms with E-state index in [1.807, 2.05) is 37.8 Å². The van der Waals surface area contributed by atoms with Crippen molar-refractivity contribution in [2.24, 2.45) is 5.92 Å². The molecule has 1 aromatic carbocycles. The van der Waals surface area contributed by atoms with Gasteiger partial charge in [0.25, 0.3) is 0 Å². The number of benzene rings is 1. The van der Waals surface area contributed by atoms with E-state index in [1.165, 1.54) is 0 Å². The Balaban J connectivity index is 1.54. The number of hydrogen-bond acceptors (Lipinski definition) is 5. The van der Waals surface area contributed by atoms with Crippen LogP contribution in [0.4, 0.5) is 0 Å². The third kappa shape index (κ3) is 5.90. The summed E-state index contributed by atoms with van der Waals surface area (Å²) < 4.78 is 34.2. The van der Waals surface area contributed by atoms with Crippen molar-refractivity contribution < 1.29 is 17.9 Å². The van der Waals surface area contributed by atoms with E-state index in [4.69, 9.17) is 4.74 Å². The molecule has 7 nitrogen and oxygen atoms in total. The molecule has 0 N–H and O–H groups in total. The van der Waals surface area contributed by atoms with Crippen LogP contribution in [0.25, 0.3) is 0 Å².